The Balaban J connectivity index is 2.08. The third kappa shape index (κ3) is 6.22. The third-order valence-corrected chi connectivity index (χ3v) is 4.62. The number of hydrogen-bond acceptors (Lipinski definition) is 3. The highest BCUT2D eigenvalue weighted by Gasteiger charge is 2.12. The van der Waals surface area contributed by atoms with Crippen LogP contribution >= 0.6 is 11.6 Å². The zero-order valence-electron chi connectivity index (χ0n) is 16.3. The second-order valence-corrected chi connectivity index (χ2v) is 7.31. The molecule has 1 N–H and O–H groups in total. The Labute approximate surface area is 162 Å². The minimum Gasteiger partial charge on any atom is -0.490 e. The van der Waals surface area contributed by atoms with Crippen LogP contribution in [-0.2, 0) is 13.2 Å². The fraction of sp³-hybridized carbons (Fsp3) is 0.455. The maximum absolute atomic E-state index is 6.48. The molecule has 0 saturated heterocycles. The Kier molecular flexibility index (Phi) is 8.27. The minimum absolute atomic E-state index is 0.495. The molecule has 0 aliphatic heterocycles. The van der Waals surface area contributed by atoms with Crippen LogP contribution in [-0.4, -0.2) is 13.2 Å². The fourth-order valence-corrected chi connectivity index (χ4v) is 2.86. The van der Waals surface area contributed by atoms with Crippen LogP contribution in [0.4, 0.5) is 0 Å². The van der Waals surface area contributed by atoms with E-state index in [0.717, 1.165) is 36.4 Å². The molecule has 2 rings (SSSR count). The van der Waals surface area contributed by atoms with E-state index in [4.69, 9.17) is 21.1 Å². The van der Waals surface area contributed by atoms with Crippen molar-refractivity contribution in [2.24, 2.45) is 5.92 Å². The molecular weight excluding hydrogens is 346 g/mol. The maximum atomic E-state index is 6.48. The van der Waals surface area contributed by atoms with Crippen LogP contribution in [0.15, 0.2) is 36.4 Å². The molecular formula is C22H30ClNO2. The van der Waals surface area contributed by atoms with Gasteiger partial charge >= 0.3 is 0 Å². The Morgan fingerprint density at radius 1 is 1.04 bits per heavy atom. The second-order valence-electron chi connectivity index (χ2n) is 6.90. The first kappa shape index (κ1) is 20.6. The number of nitrogens with one attached hydrogen (secondary N) is 1. The first-order chi connectivity index (χ1) is 12.5. The van der Waals surface area contributed by atoms with Gasteiger partial charge in [-0.2, -0.15) is 0 Å². The van der Waals surface area contributed by atoms with Gasteiger partial charge in [-0.1, -0.05) is 49.7 Å². The molecule has 0 atom stereocenters. The summed E-state index contributed by atoms with van der Waals surface area (Å²) in [6, 6.07) is 12.1. The third-order valence-electron chi connectivity index (χ3n) is 4.27. The molecule has 4 heteroatoms. The highest BCUT2D eigenvalue weighted by Crippen LogP contribution is 2.34. The van der Waals surface area contributed by atoms with E-state index in [-0.39, 0.29) is 0 Å². The van der Waals surface area contributed by atoms with Gasteiger partial charge in [0.15, 0.2) is 11.5 Å². The summed E-state index contributed by atoms with van der Waals surface area (Å²) in [6.07, 6.45) is 1.15. The molecule has 142 valence electrons. The van der Waals surface area contributed by atoms with Gasteiger partial charge in [0, 0.05) is 17.6 Å². The number of aryl methyl sites for hydroxylation is 1. The summed E-state index contributed by atoms with van der Waals surface area (Å²) in [4.78, 5) is 0. The first-order valence-corrected chi connectivity index (χ1v) is 9.72. The molecule has 0 aromatic heterocycles. The fourth-order valence-electron chi connectivity index (χ4n) is 2.64. The van der Waals surface area contributed by atoms with Crippen molar-refractivity contribution in [1.82, 2.24) is 5.32 Å². The van der Waals surface area contributed by atoms with E-state index in [9.17, 15) is 0 Å². The minimum atomic E-state index is 0.495. The predicted octanol–water partition coefficient (Wildman–Crippen LogP) is 5.76. The van der Waals surface area contributed by atoms with Crippen LogP contribution < -0.4 is 14.8 Å². The van der Waals surface area contributed by atoms with Gasteiger partial charge in [0.05, 0.1) is 6.61 Å². The average Bonchev–Trinajstić information content (AvgIpc) is 2.60. The number of halogens is 1. The summed E-state index contributed by atoms with van der Waals surface area (Å²) in [6.45, 7) is 11.3. The number of rotatable bonds is 10. The largest absolute Gasteiger partial charge is 0.490 e. The lowest BCUT2D eigenvalue weighted by molar-refractivity contribution is 0.268. The highest BCUT2D eigenvalue weighted by atomic mass is 35.5. The van der Waals surface area contributed by atoms with E-state index >= 15 is 0 Å². The SMILES string of the molecule is CCOc1cc(CNCCC(C)C)c(Cl)cc1OCc1ccccc1C. The maximum Gasteiger partial charge on any atom is 0.163 e. The first-order valence-electron chi connectivity index (χ1n) is 9.34. The standard InChI is InChI=1S/C22H30ClNO2/c1-5-25-21-12-19(14-24-11-10-16(2)3)20(23)13-22(21)26-15-18-9-7-6-8-17(18)4/h6-9,12-13,16,24H,5,10-11,14-15H2,1-4H3. The van der Waals surface area contributed by atoms with Crippen LogP contribution in [0.5, 0.6) is 11.5 Å². The summed E-state index contributed by atoms with van der Waals surface area (Å²) in [5.74, 6) is 2.12. The monoisotopic (exact) mass is 375 g/mol. The number of ether oxygens (including phenoxy) is 2. The molecule has 0 aliphatic carbocycles. The second kappa shape index (κ2) is 10.4. The summed E-state index contributed by atoms with van der Waals surface area (Å²) >= 11 is 6.48. The molecule has 2 aromatic carbocycles. The predicted molar refractivity (Wildman–Crippen MR) is 109 cm³/mol. The molecule has 0 radical (unpaired) electrons. The van der Waals surface area contributed by atoms with Gasteiger partial charge in [-0.25, -0.2) is 0 Å². The molecule has 0 fully saturated rings. The molecule has 0 heterocycles. The van der Waals surface area contributed by atoms with E-state index in [1.807, 2.05) is 31.2 Å². The van der Waals surface area contributed by atoms with Crippen molar-refractivity contribution < 1.29 is 9.47 Å². The topological polar surface area (TPSA) is 30.5 Å². The lowest BCUT2D eigenvalue weighted by Gasteiger charge is -2.16. The van der Waals surface area contributed by atoms with Crippen molar-refractivity contribution >= 4 is 11.6 Å². The van der Waals surface area contributed by atoms with Crippen LogP contribution in [0, 0.1) is 12.8 Å². The van der Waals surface area contributed by atoms with Crippen LogP contribution in [0.1, 0.15) is 43.9 Å². The highest BCUT2D eigenvalue weighted by molar-refractivity contribution is 6.31. The zero-order valence-corrected chi connectivity index (χ0v) is 17.0. The van der Waals surface area contributed by atoms with Crippen LogP contribution in [0.25, 0.3) is 0 Å². The molecule has 0 saturated carbocycles. The van der Waals surface area contributed by atoms with Gasteiger partial charge in [-0.3, -0.25) is 0 Å². The van der Waals surface area contributed by atoms with Crippen molar-refractivity contribution in [3.8, 4) is 11.5 Å². The van der Waals surface area contributed by atoms with E-state index in [0.29, 0.717) is 29.9 Å². The van der Waals surface area contributed by atoms with E-state index in [1.165, 1.54) is 5.56 Å². The van der Waals surface area contributed by atoms with Crippen molar-refractivity contribution in [2.75, 3.05) is 13.2 Å². The van der Waals surface area contributed by atoms with Gasteiger partial charge in [-0.05, 0) is 55.5 Å². The Hall–Kier alpha value is -1.71. The van der Waals surface area contributed by atoms with Gasteiger partial charge < -0.3 is 14.8 Å². The van der Waals surface area contributed by atoms with Crippen molar-refractivity contribution in [1.29, 1.82) is 0 Å². The van der Waals surface area contributed by atoms with Crippen molar-refractivity contribution in [3.05, 3.63) is 58.1 Å². The summed E-state index contributed by atoms with van der Waals surface area (Å²) in [7, 11) is 0. The molecule has 0 spiro atoms. The smallest absolute Gasteiger partial charge is 0.163 e. The average molecular weight is 376 g/mol. The number of hydrogen-bond donors (Lipinski definition) is 1. The van der Waals surface area contributed by atoms with E-state index < -0.39 is 0 Å². The molecule has 26 heavy (non-hydrogen) atoms. The van der Waals surface area contributed by atoms with Gasteiger partial charge in [0.2, 0.25) is 0 Å². The summed E-state index contributed by atoms with van der Waals surface area (Å²) < 4.78 is 11.8. The Bertz CT molecular complexity index is 701. The molecule has 0 unspecified atom stereocenters. The Morgan fingerprint density at radius 2 is 1.77 bits per heavy atom. The zero-order chi connectivity index (χ0) is 18.9. The summed E-state index contributed by atoms with van der Waals surface area (Å²) in [5, 5.41) is 4.15. The quantitative estimate of drug-likeness (QED) is 0.535. The molecule has 0 bridgehead atoms. The van der Waals surface area contributed by atoms with Gasteiger partial charge in [0.1, 0.15) is 6.61 Å². The summed E-state index contributed by atoms with van der Waals surface area (Å²) in [5.41, 5.74) is 3.40. The normalized spacial score (nSPS) is 11.0. The van der Waals surface area contributed by atoms with E-state index in [2.05, 4.69) is 38.2 Å². The van der Waals surface area contributed by atoms with Crippen molar-refractivity contribution in [2.45, 2.75) is 47.3 Å². The lowest BCUT2D eigenvalue weighted by Crippen LogP contribution is -2.16. The molecule has 3 nitrogen and oxygen atoms in total. The van der Waals surface area contributed by atoms with Gasteiger partial charge in [0.25, 0.3) is 0 Å². The van der Waals surface area contributed by atoms with Crippen LogP contribution in [0.2, 0.25) is 5.02 Å². The number of benzene rings is 2. The molecule has 0 amide bonds. The Morgan fingerprint density at radius 3 is 2.46 bits per heavy atom. The molecule has 0 aliphatic rings. The van der Waals surface area contributed by atoms with Crippen molar-refractivity contribution in [3.63, 3.8) is 0 Å². The van der Waals surface area contributed by atoms with E-state index in [1.54, 1.807) is 0 Å². The van der Waals surface area contributed by atoms with Gasteiger partial charge in [-0.15, -0.1) is 0 Å². The molecule has 2 aromatic rings. The van der Waals surface area contributed by atoms with Crippen LogP contribution in [0.3, 0.4) is 0 Å². The lowest BCUT2D eigenvalue weighted by atomic mass is 10.1.